The number of pyridine rings is 1. The first-order valence-electron chi connectivity index (χ1n) is 11.7. The topological polar surface area (TPSA) is 80.6 Å². The van der Waals surface area contributed by atoms with Crippen molar-refractivity contribution in [2.75, 3.05) is 5.32 Å². The number of ether oxygens (including phenoxy) is 1. The molecule has 3 aromatic heterocycles. The van der Waals surface area contributed by atoms with Gasteiger partial charge in [0.15, 0.2) is 5.82 Å². The van der Waals surface area contributed by atoms with Gasteiger partial charge in [0.1, 0.15) is 17.2 Å². The van der Waals surface area contributed by atoms with Crippen molar-refractivity contribution in [1.82, 2.24) is 24.5 Å². The number of alkyl halides is 3. The average Bonchev–Trinajstić information content (AvgIpc) is 3.44. The third-order valence-electron chi connectivity index (χ3n) is 6.15. The van der Waals surface area contributed by atoms with Gasteiger partial charge in [-0.2, -0.15) is 13.2 Å². The zero-order valence-corrected chi connectivity index (χ0v) is 20.3. The number of rotatable bonds is 5. The van der Waals surface area contributed by atoms with Gasteiger partial charge < -0.3 is 19.6 Å². The Kier molecular flexibility index (Phi) is 5.52. The lowest BCUT2D eigenvalue weighted by atomic mass is 10.2. The SMILES string of the molecule is Cc1ccc2[nH]c(-c3cc(Oc4ccc5c(c4)nc(Nc4cccc(C(F)(F)F)c4)n5C)ccn3)nc2c1. The summed E-state index contributed by atoms with van der Waals surface area (Å²) in [5, 5.41) is 2.98. The Balaban J connectivity index is 1.25. The average molecular weight is 515 g/mol. The van der Waals surface area contributed by atoms with Crippen LogP contribution >= 0.6 is 0 Å². The lowest BCUT2D eigenvalue weighted by Gasteiger charge is -2.10. The highest BCUT2D eigenvalue weighted by Crippen LogP contribution is 2.33. The molecule has 38 heavy (non-hydrogen) atoms. The lowest BCUT2D eigenvalue weighted by molar-refractivity contribution is -0.137. The molecule has 0 fully saturated rings. The highest BCUT2D eigenvalue weighted by molar-refractivity contribution is 5.81. The van der Waals surface area contributed by atoms with E-state index in [4.69, 9.17) is 4.74 Å². The van der Waals surface area contributed by atoms with Crippen LogP contribution in [-0.4, -0.2) is 24.5 Å². The van der Waals surface area contributed by atoms with Crippen LogP contribution in [0.15, 0.2) is 79.0 Å². The molecule has 0 bridgehead atoms. The first kappa shape index (κ1) is 23.5. The standard InChI is InChI=1S/C28H21F3N6O/c1-16-6-8-21-22(12-16)35-26(34-21)24-15-20(10-11-32-24)38-19-7-9-25-23(14-19)36-27(37(25)2)33-18-5-3-4-17(13-18)28(29,30)31/h3-15H,1-2H3,(H,33,36)(H,34,35). The summed E-state index contributed by atoms with van der Waals surface area (Å²) in [5.41, 5.74) is 4.53. The number of halogens is 3. The summed E-state index contributed by atoms with van der Waals surface area (Å²) >= 11 is 0. The largest absolute Gasteiger partial charge is 0.457 e. The quantitative estimate of drug-likeness (QED) is 0.251. The Morgan fingerprint density at radius 3 is 2.58 bits per heavy atom. The second-order valence-electron chi connectivity index (χ2n) is 8.93. The van der Waals surface area contributed by atoms with Gasteiger partial charge in [-0.3, -0.25) is 4.98 Å². The second-order valence-corrected chi connectivity index (χ2v) is 8.93. The Labute approximate surface area is 215 Å². The highest BCUT2D eigenvalue weighted by atomic mass is 19.4. The van der Waals surface area contributed by atoms with Gasteiger partial charge in [-0.25, -0.2) is 9.97 Å². The number of nitrogens with zero attached hydrogens (tertiary/aromatic N) is 4. The normalized spacial score (nSPS) is 11.8. The molecule has 6 rings (SSSR count). The van der Waals surface area contributed by atoms with E-state index < -0.39 is 11.7 Å². The van der Waals surface area contributed by atoms with Crippen LogP contribution in [-0.2, 0) is 13.2 Å². The van der Waals surface area contributed by atoms with Gasteiger partial charge in [0.25, 0.3) is 0 Å². The molecular weight excluding hydrogens is 493 g/mol. The van der Waals surface area contributed by atoms with E-state index in [-0.39, 0.29) is 0 Å². The van der Waals surface area contributed by atoms with E-state index in [1.165, 1.54) is 6.07 Å². The summed E-state index contributed by atoms with van der Waals surface area (Å²) in [6.07, 6.45) is -2.77. The van der Waals surface area contributed by atoms with E-state index in [1.807, 2.05) is 37.3 Å². The minimum Gasteiger partial charge on any atom is -0.457 e. The molecule has 10 heteroatoms. The van der Waals surface area contributed by atoms with Gasteiger partial charge in [-0.1, -0.05) is 12.1 Å². The number of hydrogen-bond acceptors (Lipinski definition) is 5. The summed E-state index contributed by atoms with van der Waals surface area (Å²) in [6, 6.07) is 20.0. The lowest BCUT2D eigenvalue weighted by Crippen LogP contribution is -2.06. The summed E-state index contributed by atoms with van der Waals surface area (Å²) in [7, 11) is 1.79. The maximum absolute atomic E-state index is 13.1. The van der Waals surface area contributed by atoms with Crippen LogP contribution in [0.4, 0.5) is 24.8 Å². The van der Waals surface area contributed by atoms with Crippen molar-refractivity contribution in [1.29, 1.82) is 0 Å². The monoisotopic (exact) mass is 514 g/mol. The fourth-order valence-corrected chi connectivity index (χ4v) is 4.23. The first-order valence-corrected chi connectivity index (χ1v) is 11.7. The van der Waals surface area contributed by atoms with Crippen LogP contribution < -0.4 is 10.1 Å². The molecule has 3 heterocycles. The molecule has 0 saturated carbocycles. The molecule has 0 unspecified atom stereocenters. The van der Waals surface area contributed by atoms with E-state index in [2.05, 4.69) is 25.3 Å². The van der Waals surface area contributed by atoms with E-state index in [1.54, 1.807) is 42.1 Å². The first-order chi connectivity index (χ1) is 18.2. The van der Waals surface area contributed by atoms with Gasteiger partial charge in [0, 0.05) is 31.1 Å². The molecule has 0 aliphatic heterocycles. The number of anilines is 2. The number of imidazole rings is 2. The van der Waals surface area contributed by atoms with Crippen molar-refractivity contribution in [3.8, 4) is 23.0 Å². The van der Waals surface area contributed by atoms with Gasteiger partial charge in [0.2, 0.25) is 5.95 Å². The van der Waals surface area contributed by atoms with Crippen molar-refractivity contribution in [3.63, 3.8) is 0 Å². The van der Waals surface area contributed by atoms with Crippen LogP contribution in [0.1, 0.15) is 11.1 Å². The summed E-state index contributed by atoms with van der Waals surface area (Å²) in [4.78, 5) is 16.9. The van der Waals surface area contributed by atoms with Crippen molar-refractivity contribution < 1.29 is 17.9 Å². The van der Waals surface area contributed by atoms with Crippen molar-refractivity contribution in [2.45, 2.75) is 13.1 Å². The minimum atomic E-state index is -4.42. The predicted octanol–water partition coefficient (Wildman–Crippen LogP) is 7.37. The maximum atomic E-state index is 13.1. The number of H-pyrrole nitrogens is 1. The number of hydrogen-bond donors (Lipinski definition) is 2. The number of benzene rings is 3. The molecule has 2 N–H and O–H groups in total. The summed E-state index contributed by atoms with van der Waals surface area (Å²) in [5.74, 6) is 2.17. The maximum Gasteiger partial charge on any atom is 0.416 e. The van der Waals surface area contributed by atoms with E-state index in [0.717, 1.165) is 34.2 Å². The molecule has 3 aromatic carbocycles. The molecular formula is C28H21F3N6O. The zero-order valence-electron chi connectivity index (χ0n) is 20.3. The number of aryl methyl sites for hydroxylation is 2. The highest BCUT2D eigenvalue weighted by Gasteiger charge is 2.30. The minimum absolute atomic E-state index is 0.291. The van der Waals surface area contributed by atoms with Crippen LogP contribution in [0, 0.1) is 6.92 Å². The van der Waals surface area contributed by atoms with Crippen LogP contribution in [0.2, 0.25) is 0 Å². The van der Waals surface area contributed by atoms with E-state index in [0.29, 0.717) is 40.2 Å². The number of aromatic amines is 1. The van der Waals surface area contributed by atoms with Crippen molar-refractivity contribution in [2.24, 2.45) is 7.05 Å². The number of aromatic nitrogens is 5. The second kappa shape index (κ2) is 8.91. The third kappa shape index (κ3) is 4.52. The third-order valence-corrected chi connectivity index (χ3v) is 6.15. The van der Waals surface area contributed by atoms with E-state index in [9.17, 15) is 13.2 Å². The van der Waals surface area contributed by atoms with Crippen LogP contribution in [0.25, 0.3) is 33.6 Å². The number of fused-ring (bicyclic) bond motifs is 2. The van der Waals surface area contributed by atoms with Crippen molar-refractivity contribution >= 4 is 33.7 Å². The molecule has 0 aliphatic rings. The molecule has 0 radical (unpaired) electrons. The van der Waals surface area contributed by atoms with Gasteiger partial charge in [0.05, 0.1) is 27.6 Å². The molecule has 7 nitrogen and oxygen atoms in total. The molecule has 0 amide bonds. The Hall–Kier alpha value is -4.86. The molecule has 190 valence electrons. The van der Waals surface area contributed by atoms with Crippen LogP contribution in [0.3, 0.4) is 0 Å². The van der Waals surface area contributed by atoms with Gasteiger partial charge in [-0.05, 0) is 61.0 Å². The summed E-state index contributed by atoms with van der Waals surface area (Å²) in [6.45, 7) is 2.02. The van der Waals surface area contributed by atoms with E-state index >= 15 is 0 Å². The predicted molar refractivity (Wildman–Crippen MR) is 140 cm³/mol. The zero-order chi connectivity index (χ0) is 26.4. The van der Waals surface area contributed by atoms with Crippen molar-refractivity contribution in [3.05, 3.63) is 90.1 Å². The van der Waals surface area contributed by atoms with Gasteiger partial charge >= 0.3 is 6.18 Å². The molecule has 0 aliphatic carbocycles. The Morgan fingerprint density at radius 1 is 0.895 bits per heavy atom. The fourth-order valence-electron chi connectivity index (χ4n) is 4.23. The Bertz CT molecular complexity index is 1800. The molecule has 0 spiro atoms. The number of nitrogens with one attached hydrogen (secondary N) is 2. The molecule has 0 saturated heterocycles. The smallest absolute Gasteiger partial charge is 0.416 e. The fraction of sp³-hybridized carbons (Fsp3) is 0.107. The van der Waals surface area contributed by atoms with Crippen LogP contribution in [0.5, 0.6) is 11.5 Å². The molecule has 6 aromatic rings. The molecule has 0 atom stereocenters. The Morgan fingerprint density at radius 2 is 1.74 bits per heavy atom. The summed E-state index contributed by atoms with van der Waals surface area (Å²) < 4.78 is 47.1. The van der Waals surface area contributed by atoms with Gasteiger partial charge in [-0.15, -0.1) is 0 Å².